The Bertz CT molecular complexity index is 614. The van der Waals surface area contributed by atoms with Gasteiger partial charge < -0.3 is 10.1 Å². The zero-order valence-corrected chi connectivity index (χ0v) is 13.7. The summed E-state index contributed by atoms with van der Waals surface area (Å²) in [6.07, 6.45) is 4.79. The Morgan fingerprint density at radius 3 is 2.82 bits per heavy atom. The predicted molar refractivity (Wildman–Crippen MR) is 91.6 cm³/mol. The molecule has 0 aliphatic carbocycles. The number of thioether (sulfide) groups is 1. The molecule has 5 heteroatoms. The van der Waals surface area contributed by atoms with Gasteiger partial charge in [0.1, 0.15) is 0 Å². The molecule has 0 spiro atoms. The maximum atomic E-state index is 12.1. The number of rotatable bonds is 7. The van der Waals surface area contributed by atoms with Crippen LogP contribution in [-0.2, 0) is 0 Å². The molecule has 0 unspecified atom stereocenters. The number of hydrogen-bond acceptors (Lipinski definition) is 4. The minimum absolute atomic E-state index is 0.0376. The highest BCUT2D eigenvalue weighted by Crippen LogP contribution is 2.21. The zero-order valence-electron chi connectivity index (χ0n) is 12.8. The minimum atomic E-state index is -0.0376. The highest BCUT2D eigenvalue weighted by Gasteiger charge is 2.07. The second kappa shape index (κ2) is 8.44. The molecular weight excluding hydrogens is 296 g/mol. The van der Waals surface area contributed by atoms with E-state index in [1.165, 1.54) is 0 Å². The first-order chi connectivity index (χ1) is 10.7. The lowest BCUT2D eigenvalue weighted by Gasteiger charge is -2.07. The number of carbonyl (C=O) groups excluding carboxylic acids is 1. The molecule has 1 N–H and O–H groups in total. The molecule has 0 saturated heterocycles. The molecule has 2 aromatic rings. The molecule has 1 aromatic carbocycles. The van der Waals surface area contributed by atoms with Crippen molar-refractivity contribution >= 4 is 17.7 Å². The quantitative estimate of drug-likeness (QED) is 0.797. The first-order valence-electron chi connectivity index (χ1n) is 7.12. The molecule has 4 nitrogen and oxygen atoms in total. The van der Waals surface area contributed by atoms with Crippen LogP contribution in [0.3, 0.4) is 0 Å². The van der Waals surface area contributed by atoms with Crippen molar-refractivity contribution in [2.24, 2.45) is 0 Å². The van der Waals surface area contributed by atoms with Crippen LogP contribution in [0, 0.1) is 0 Å². The number of aromatic nitrogens is 1. The molecule has 0 saturated carbocycles. The summed E-state index contributed by atoms with van der Waals surface area (Å²) in [4.78, 5) is 16.3. The number of carbonyl (C=O) groups is 1. The molecule has 1 heterocycles. The van der Waals surface area contributed by atoms with Gasteiger partial charge in [0.15, 0.2) is 0 Å². The summed E-state index contributed by atoms with van der Waals surface area (Å²) in [6, 6.07) is 11.3. The summed E-state index contributed by atoms with van der Waals surface area (Å²) in [5.74, 6) is 1.59. The van der Waals surface area contributed by atoms with E-state index in [9.17, 15) is 4.79 Å². The number of methoxy groups -OCH3 is 1. The monoisotopic (exact) mass is 316 g/mol. The maximum absolute atomic E-state index is 12.1. The molecule has 1 amide bonds. The van der Waals surface area contributed by atoms with Crippen molar-refractivity contribution in [3.63, 3.8) is 0 Å². The number of amides is 1. The van der Waals surface area contributed by atoms with Gasteiger partial charge in [-0.2, -0.15) is 11.8 Å². The summed E-state index contributed by atoms with van der Waals surface area (Å²) >= 11 is 1.78. The molecule has 0 atom stereocenters. The van der Waals surface area contributed by atoms with Crippen LogP contribution in [0.2, 0.25) is 0 Å². The van der Waals surface area contributed by atoms with Gasteiger partial charge in [-0.3, -0.25) is 4.79 Å². The highest BCUT2D eigenvalue weighted by molar-refractivity contribution is 7.98. The number of nitrogens with one attached hydrogen (secondary N) is 1. The van der Waals surface area contributed by atoms with Crippen LogP contribution in [0.1, 0.15) is 16.8 Å². The van der Waals surface area contributed by atoms with Gasteiger partial charge in [-0.25, -0.2) is 4.98 Å². The smallest absolute Gasteiger partial charge is 0.251 e. The average molecular weight is 316 g/mol. The van der Waals surface area contributed by atoms with E-state index in [1.807, 2.05) is 36.4 Å². The lowest BCUT2D eigenvalue weighted by atomic mass is 10.0. The molecule has 0 bridgehead atoms. The second-order valence-electron chi connectivity index (χ2n) is 4.77. The van der Waals surface area contributed by atoms with E-state index in [0.29, 0.717) is 18.0 Å². The number of ether oxygens (including phenoxy) is 1. The largest absolute Gasteiger partial charge is 0.481 e. The summed E-state index contributed by atoms with van der Waals surface area (Å²) in [5, 5.41) is 2.94. The molecule has 116 valence electrons. The van der Waals surface area contributed by atoms with E-state index < -0.39 is 0 Å². The first kappa shape index (κ1) is 16.4. The zero-order chi connectivity index (χ0) is 15.8. The van der Waals surface area contributed by atoms with Gasteiger partial charge in [-0.15, -0.1) is 0 Å². The standard InChI is InChI=1S/C17H20N2O2S/c1-21-16-8-7-15(12-19-16)13-5-3-6-14(11-13)17(20)18-9-4-10-22-2/h3,5-8,11-12H,4,9-10H2,1-2H3,(H,18,20). The number of benzene rings is 1. The van der Waals surface area contributed by atoms with E-state index in [4.69, 9.17) is 4.74 Å². The van der Waals surface area contributed by atoms with Crippen LogP contribution in [0.5, 0.6) is 5.88 Å². The van der Waals surface area contributed by atoms with E-state index in [2.05, 4.69) is 16.6 Å². The van der Waals surface area contributed by atoms with E-state index in [-0.39, 0.29) is 5.91 Å². The molecule has 0 radical (unpaired) electrons. The SMILES string of the molecule is COc1ccc(-c2cccc(C(=O)NCCCSC)c2)cn1. The summed E-state index contributed by atoms with van der Waals surface area (Å²) in [6.45, 7) is 0.702. The lowest BCUT2D eigenvalue weighted by molar-refractivity contribution is 0.0954. The Balaban J connectivity index is 2.06. The number of pyridine rings is 1. The van der Waals surface area contributed by atoms with E-state index in [0.717, 1.165) is 23.3 Å². The number of nitrogens with zero attached hydrogens (tertiary/aromatic N) is 1. The molecule has 0 aliphatic heterocycles. The Labute approximate surface area is 135 Å². The van der Waals surface area contributed by atoms with Crippen LogP contribution >= 0.6 is 11.8 Å². The van der Waals surface area contributed by atoms with Crippen LogP contribution in [0.15, 0.2) is 42.6 Å². The van der Waals surface area contributed by atoms with E-state index >= 15 is 0 Å². The van der Waals surface area contributed by atoms with Crippen LogP contribution < -0.4 is 10.1 Å². The third-order valence-electron chi connectivity index (χ3n) is 3.21. The topological polar surface area (TPSA) is 51.2 Å². The van der Waals surface area contributed by atoms with Crippen molar-refractivity contribution in [1.29, 1.82) is 0 Å². The summed E-state index contributed by atoms with van der Waals surface area (Å²) in [7, 11) is 1.59. The van der Waals surface area contributed by atoms with Crippen molar-refractivity contribution in [2.45, 2.75) is 6.42 Å². The van der Waals surface area contributed by atoms with Gasteiger partial charge >= 0.3 is 0 Å². The molecule has 0 aliphatic rings. The second-order valence-corrected chi connectivity index (χ2v) is 5.76. The fourth-order valence-electron chi connectivity index (χ4n) is 2.03. The number of hydrogen-bond donors (Lipinski definition) is 1. The Kier molecular flexibility index (Phi) is 6.27. The predicted octanol–water partition coefficient (Wildman–Crippen LogP) is 3.24. The van der Waals surface area contributed by atoms with Gasteiger partial charge in [0, 0.05) is 29.9 Å². The van der Waals surface area contributed by atoms with Crippen molar-refractivity contribution in [3.8, 4) is 17.0 Å². The Morgan fingerprint density at radius 2 is 2.14 bits per heavy atom. The van der Waals surface area contributed by atoms with Crippen molar-refractivity contribution in [3.05, 3.63) is 48.2 Å². The first-order valence-corrected chi connectivity index (χ1v) is 8.51. The Hall–Kier alpha value is -2.01. The van der Waals surface area contributed by atoms with Crippen LogP contribution in [0.25, 0.3) is 11.1 Å². The van der Waals surface area contributed by atoms with Crippen LogP contribution in [-0.4, -0.2) is 36.6 Å². The fraction of sp³-hybridized carbons (Fsp3) is 0.294. The van der Waals surface area contributed by atoms with Crippen LogP contribution in [0.4, 0.5) is 0 Å². The molecular formula is C17H20N2O2S. The maximum Gasteiger partial charge on any atom is 0.251 e. The van der Waals surface area contributed by atoms with Crippen molar-refractivity contribution in [2.75, 3.05) is 25.7 Å². The Morgan fingerprint density at radius 1 is 1.27 bits per heavy atom. The fourth-order valence-corrected chi connectivity index (χ4v) is 2.47. The van der Waals surface area contributed by atoms with Gasteiger partial charge in [0.05, 0.1) is 7.11 Å². The van der Waals surface area contributed by atoms with Crippen molar-refractivity contribution in [1.82, 2.24) is 10.3 Å². The lowest BCUT2D eigenvalue weighted by Crippen LogP contribution is -2.24. The van der Waals surface area contributed by atoms with Gasteiger partial charge in [-0.05, 0) is 42.2 Å². The van der Waals surface area contributed by atoms with Gasteiger partial charge in [0.25, 0.3) is 5.91 Å². The molecule has 22 heavy (non-hydrogen) atoms. The molecule has 2 rings (SSSR count). The minimum Gasteiger partial charge on any atom is -0.481 e. The van der Waals surface area contributed by atoms with Gasteiger partial charge in [0.2, 0.25) is 5.88 Å². The summed E-state index contributed by atoms with van der Waals surface area (Å²) in [5.41, 5.74) is 2.59. The van der Waals surface area contributed by atoms with E-state index in [1.54, 1.807) is 25.1 Å². The third-order valence-corrected chi connectivity index (χ3v) is 3.91. The molecule has 0 fully saturated rings. The normalized spacial score (nSPS) is 10.3. The highest BCUT2D eigenvalue weighted by atomic mass is 32.2. The third kappa shape index (κ3) is 4.49. The molecule has 1 aromatic heterocycles. The van der Waals surface area contributed by atoms with Gasteiger partial charge in [-0.1, -0.05) is 12.1 Å². The summed E-state index contributed by atoms with van der Waals surface area (Å²) < 4.78 is 5.05. The van der Waals surface area contributed by atoms with Crippen molar-refractivity contribution < 1.29 is 9.53 Å². The average Bonchev–Trinajstić information content (AvgIpc) is 2.59.